The number of carbonyl (C=O) groups excluding carboxylic acids is 1. The van der Waals surface area contributed by atoms with Crippen molar-refractivity contribution in [2.24, 2.45) is 0 Å². The molecule has 1 amide bonds. The number of rotatable bonds is 5. The smallest absolute Gasteiger partial charge is 0.255 e. The number of halogens is 1. The van der Waals surface area contributed by atoms with E-state index in [-0.39, 0.29) is 11.4 Å². The van der Waals surface area contributed by atoms with E-state index in [1.807, 2.05) is 25.1 Å². The van der Waals surface area contributed by atoms with Crippen molar-refractivity contribution < 1.29 is 9.53 Å². The van der Waals surface area contributed by atoms with Gasteiger partial charge in [-0.25, -0.2) is 0 Å². The summed E-state index contributed by atoms with van der Waals surface area (Å²) in [5, 5.41) is 3.15. The van der Waals surface area contributed by atoms with Crippen molar-refractivity contribution in [3.05, 3.63) is 29.8 Å². The topological polar surface area (TPSA) is 38.3 Å². The van der Waals surface area contributed by atoms with Crippen molar-refractivity contribution in [1.29, 1.82) is 0 Å². The minimum atomic E-state index is -0.254. The summed E-state index contributed by atoms with van der Waals surface area (Å²) in [6.07, 6.45) is 5.39. The molecule has 1 saturated carbocycles. The zero-order valence-electron chi connectivity index (χ0n) is 12.0. The maximum atomic E-state index is 12.5. The monoisotopic (exact) mass is 295 g/mol. The molecule has 0 atom stereocenters. The highest BCUT2D eigenvalue weighted by Gasteiger charge is 2.33. The molecule has 3 nitrogen and oxygen atoms in total. The van der Waals surface area contributed by atoms with Crippen LogP contribution >= 0.6 is 11.6 Å². The minimum absolute atomic E-state index is 0.0865. The first-order valence-corrected chi connectivity index (χ1v) is 7.84. The number of amides is 1. The van der Waals surface area contributed by atoms with E-state index in [4.69, 9.17) is 16.3 Å². The van der Waals surface area contributed by atoms with Gasteiger partial charge in [0, 0.05) is 5.88 Å². The second kappa shape index (κ2) is 6.98. The van der Waals surface area contributed by atoms with Crippen LogP contribution in [-0.4, -0.2) is 23.9 Å². The maximum absolute atomic E-state index is 12.5. The molecular weight excluding hydrogens is 274 g/mol. The van der Waals surface area contributed by atoms with Crippen LogP contribution in [0.3, 0.4) is 0 Å². The number of para-hydroxylation sites is 1. The van der Waals surface area contributed by atoms with Gasteiger partial charge in [0.2, 0.25) is 0 Å². The van der Waals surface area contributed by atoms with Crippen LogP contribution in [0.25, 0.3) is 0 Å². The number of ether oxygens (including phenoxy) is 1. The van der Waals surface area contributed by atoms with Gasteiger partial charge in [-0.1, -0.05) is 31.4 Å². The fraction of sp³-hybridized carbons (Fsp3) is 0.562. The highest BCUT2D eigenvalue weighted by molar-refractivity contribution is 6.19. The predicted octanol–water partition coefficient (Wildman–Crippen LogP) is 3.76. The first-order chi connectivity index (χ1) is 9.71. The largest absolute Gasteiger partial charge is 0.493 e. The van der Waals surface area contributed by atoms with Gasteiger partial charge in [0.25, 0.3) is 5.91 Å². The summed E-state index contributed by atoms with van der Waals surface area (Å²) in [5.74, 6) is 1.01. The van der Waals surface area contributed by atoms with Crippen LogP contribution in [0.15, 0.2) is 24.3 Å². The summed E-state index contributed by atoms with van der Waals surface area (Å²) in [7, 11) is 0. The first kappa shape index (κ1) is 15.2. The third-order valence-corrected chi connectivity index (χ3v) is 4.39. The summed E-state index contributed by atoms with van der Waals surface area (Å²) < 4.78 is 5.52. The Labute approximate surface area is 125 Å². The molecule has 1 aliphatic rings. The SMILES string of the molecule is CCOc1ccccc1C(=O)NC1(CCl)CCCCC1. The Hall–Kier alpha value is -1.22. The van der Waals surface area contributed by atoms with Crippen LogP contribution in [-0.2, 0) is 0 Å². The molecule has 20 heavy (non-hydrogen) atoms. The second-order valence-electron chi connectivity index (χ2n) is 5.36. The number of nitrogens with one attached hydrogen (secondary N) is 1. The lowest BCUT2D eigenvalue weighted by molar-refractivity contribution is 0.0881. The summed E-state index contributed by atoms with van der Waals surface area (Å²) in [4.78, 5) is 12.5. The van der Waals surface area contributed by atoms with E-state index in [2.05, 4.69) is 5.32 Å². The number of carbonyl (C=O) groups is 1. The van der Waals surface area contributed by atoms with Crippen LogP contribution in [0.4, 0.5) is 0 Å². The van der Waals surface area contributed by atoms with Crippen molar-refractivity contribution in [3.8, 4) is 5.75 Å². The van der Waals surface area contributed by atoms with Crippen molar-refractivity contribution >= 4 is 17.5 Å². The Morgan fingerprint density at radius 2 is 2.00 bits per heavy atom. The average Bonchev–Trinajstić information content (AvgIpc) is 2.49. The van der Waals surface area contributed by atoms with Gasteiger partial charge in [0.15, 0.2) is 0 Å². The Morgan fingerprint density at radius 1 is 1.30 bits per heavy atom. The van der Waals surface area contributed by atoms with Gasteiger partial charge in [0.05, 0.1) is 17.7 Å². The van der Waals surface area contributed by atoms with Gasteiger partial charge in [-0.3, -0.25) is 4.79 Å². The molecule has 1 aliphatic carbocycles. The lowest BCUT2D eigenvalue weighted by atomic mass is 9.83. The minimum Gasteiger partial charge on any atom is -0.493 e. The highest BCUT2D eigenvalue weighted by Crippen LogP contribution is 2.30. The van der Waals surface area contributed by atoms with Gasteiger partial charge >= 0.3 is 0 Å². The van der Waals surface area contributed by atoms with Crippen molar-refractivity contribution in [3.63, 3.8) is 0 Å². The fourth-order valence-corrected chi connectivity index (χ4v) is 3.10. The molecular formula is C16H22ClNO2. The third kappa shape index (κ3) is 3.45. The highest BCUT2D eigenvalue weighted by atomic mass is 35.5. The summed E-state index contributed by atoms with van der Waals surface area (Å²) in [6.45, 7) is 2.46. The molecule has 0 radical (unpaired) electrons. The maximum Gasteiger partial charge on any atom is 0.255 e. The van der Waals surface area contributed by atoms with E-state index in [1.54, 1.807) is 6.07 Å². The Kier molecular flexibility index (Phi) is 5.30. The third-order valence-electron chi connectivity index (χ3n) is 3.88. The van der Waals surface area contributed by atoms with Gasteiger partial charge in [-0.15, -0.1) is 11.6 Å². The lowest BCUT2D eigenvalue weighted by Crippen LogP contribution is -2.51. The van der Waals surface area contributed by atoms with E-state index in [9.17, 15) is 4.79 Å². The van der Waals surface area contributed by atoms with E-state index in [0.717, 1.165) is 25.7 Å². The number of hydrogen-bond acceptors (Lipinski definition) is 2. The van der Waals surface area contributed by atoms with E-state index >= 15 is 0 Å². The molecule has 2 rings (SSSR count). The zero-order valence-corrected chi connectivity index (χ0v) is 12.7. The van der Waals surface area contributed by atoms with Crippen LogP contribution in [0.2, 0.25) is 0 Å². The fourth-order valence-electron chi connectivity index (χ4n) is 2.76. The predicted molar refractivity (Wildman–Crippen MR) is 81.6 cm³/mol. The van der Waals surface area contributed by atoms with Crippen LogP contribution in [0.5, 0.6) is 5.75 Å². The van der Waals surface area contributed by atoms with Crippen LogP contribution < -0.4 is 10.1 Å². The van der Waals surface area contributed by atoms with E-state index in [1.165, 1.54) is 6.42 Å². The van der Waals surface area contributed by atoms with Crippen molar-refractivity contribution in [2.75, 3.05) is 12.5 Å². The Morgan fingerprint density at radius 3 is 2.65 bits per heavy atom. The molecule has 0 spiro atoms. The van der Waals surface area contributed by atoms with Gasteiger partial charge in [-0.2, -0.15) is 0 Å². The molecule has 1 fully saturated rings. The number of benzene rings is 1. The van der Waals surface area contributed by atoms with Gasteiger partial charge in [0.1, 0.15) is 5.75 Å². The number of alkyl halides is 1. The molecule has 1 N–H and O–H groups in total. The Bertz CT molecular complexity index is 456. The van der Waals surface area contributed by atoms with Gasteiger partial charge < -0.3 is 10.1 Å². The first-order valence-electron chi connectivity index (χ1n) is 7.31. The van der Waals surface area contributed by atoms with Gasteiger partial charge in [-0.05, 0) is 31.9 Å². The Balaban J connectivity index is 2.14. The standard InChI is InChI=1S/C16H22ClNO2/c1-2-20-14-9-5-4-8-13(14)15(19)18-16(12-17)10-6-3-7-11-16/h4-5,8-9H,2-3,6-7,10-12H2,1H3,(H,18,19). The molecule has 1 aromatic rings. The lowest BCUT2D eigenvalue weighted by Gasteiger charge is -2.36. The molecule has 1 aromatic carbocycles. The van der Waals surface area contributed by atoms with E-state index < -0.39 is 0 Å². The van der Waals surface area contributed by atoms with Crippen LogP contribution in [0, 0.1) is 0 Å². The van der Waals surface area contributed by atoms with E-state index in [0.29, 0.717) is 23.8 Å². The molecule has 0 aromatic heterocycles. The van der Waals surface area contributed by atoms with Crippen LogP contribution in [0.1, 0.15) is 49.4 Å². The average molecular weight is 296 g/mol. The molecule has 0 saturated heterocycles. The normalized spacial score (nSPS) is 17.5. The summed E-state index contributed by atoms with van der Waals surface area (Å²) in [6, 6.07) is 7.35. The molecule has 0 heterocycles. The molecule has 0 bridgehead atoms. The molecule has 4 heteroatoms. The summed E-state index contributed by atoms with van der Waals surface area (Å²) in [5.41, 5.74) is 0.334. The quantitative estimate of drug-likeness (QED) is 0.840. The molecule has 0 aliphatic heterocycles. The molecule has 110 valence electrons. The second-order valence-corrected chi connectivity index (χ2v) is 5.63. The van der Waals surface area contributed by atoms with Crippen molar-refractivity contribution in [2.45, 2.75) is 44.6 Å². The zero-order chi connectivity index (χ0) is 14.4. The van der Waals surface area contributed by atoms with Crippen molar-refractivity contribution in [1.82, 2.24) is 5.32 Å². The summed E-state index contributed by atoms with van der Waals surface area (Å²) >= 11 is 6.12. The molecule has 0 unspecified atom stereocenters. The number of hydrogen-bond donors (Lipinski definition) is 1.